The maximum Gasteiger partial charge on any atom is 0.224 e. The summed E-state index contributed by atoms with van der Waals surface area (Å²) in [5.41, 5.74) is 4.49. The fourth-order valence-electron chi connectivity index (χ4n) is 4.27. The lowest BCUT2D eigenvalue weighted by molar-refractivity contribution is -0.124. The van der Waals surface area contributed by atoms with Gasteiger partial charge < -0.3 is 14.8 Å². The molecule has 32 heavy (non-hydrogen) atoms. The number of carbonyl (C=O) groups excluding carboxylic acids is 1. The summed E-state index contributed by atoms with van der Waals surface area (Å²) in [6.45, 7) is 2.89. The molecule has 2 aromatic carbocycles. The zero-order valence-electron chi connectivity index (χ0n) is 18.6. The van der Waals surface area contributed by atoms with Crippen molar-refractivity contribution in [2.45, 2.75) is 13.0 Å². The van der Waals surface area contributed by atoms with E-state index in [1.54, 1.807) is 20.4 Å². The van der Waals surface area contributed by atoms with Crippen molar-refractivity contribution in [1.29, 1.82) is 0 Å². The van der Waals surface area contributed by atoms with Crippen LogP contribution in [0.15, 0.2) is 67.0 Å². The van der Waals surface area contributed by atoms with Crippen LogP contribution in [0.4, 0.5) is 0 Å². The molecule has 166 valence electrons. The topological polar surface area (TPSA) is 63.7 Å². The Morgan fingerprint density at radius 2 is 1.91 bits per heavy atom. The maximum atomic E-state index is 12.9. The molecule has 1 N–H and O–H groups in total. The van der Waals surface area contributed by atoms with Crippen molar-refractivity contribution < 1.29 is 14.3 Å². The molecule has 2 heterocycles. The predicted molar refractivity (Wildman–Crippen MR) is 125 cm³/mol. The van der Waals surface area contributed by atoms with Crippen molar-refractivity contribution in [2.24, 2.45) is 5.92 Å². The second kappa shape index (κ2) is 10.3. The van der Waals surface area contributed by atoms with E-state index in [0.717, 1.165) is 41.1 Å². The van der Waals surface area contributed by atoms with Crippen molar-refractivity contribution in [1.82, 2.24) is 15.2 Å². The number of methoxy groups -OCH3 is 2. The van der Waals surface area contributed by atoms with E-state index in [1.807, 2.05) is 42.6 Å². The fourth-order valence-corrected chi connectivity index (χ4v) is 4.27. The molecule has 1 aliphatic rings. The van der Waals surface area contributed by atoms with Crippen LogP contribution in [0.2, 0.25) is 0 Å². The number of nitrogens with zero attached hydrogens (tertiary/aromatic N) is 2. The number of hydrogen-bond acceptors (Lipinski definition) is 5. The lowest BCUT2D eigenvalue weighted by Crippen LogP contribution is -2.33. The Morgan fingerprint density at radius 1 is 1.06 bits per heavy atom. The summed E-state index contributed by atoms with van der Waals surface area (Å²) in [6, 6.07) is 18.3. The molecule has 1 saturated heterocycles. The molecule has 1 atom stereocenters. The van der Waals surface area contributed by atoms with Gasteiger partial charge in [0.2, 0.25) is 5.91 Å². The Hall–Kier alpha value is -3.38. The van der Waals surface area contributed by atoms with Crippen LogP contribution in [0, 0.1) is 5.92 Å². The van der Waals surface area contributed by atoms with Gasteiger partial charge in [-0.1, -0.05) is 36.4 Å². The van der Waals surface area contributed by atoms with Crippen molar-refractivity contribution in [3.63, 3.8) is 0 Å². The van der Waals surface area contributed by atoms with Crippen LogP contribution < -0.4 is 14.8 Å². The lowest BCUT2D eigenvalue weighted by Gasteiger charge is -2.24. The van der Waals surface area contributed by atoms with Gasteiger partial charge in [0.25, 0.3) is 0 Å². The SMILES string of the molecule is COc1ccc(CN2CCNC(=O)C(Cc3ccccc3-c3cccnc3)C2)cc1OC. The van der Waals surface area contributed by atoms with Gasteiger partial charge in [-0.25, -0.2) is 0 Å². The summed E-state index contributed by atoms with van der Waals surface area (Å²) in [4.78, 5) is 19.4. The highest BCUT2D eigenvalue weighted by Gasteiger charge is 2.26. The summed E-state index contributed by atoms with van der Waals surface area (Å²) < 4.78 is 10.8. The quantitative estimate of drug-likeness (QED) is 0.620. The van der Waals surface area contributed by atoms with Crippen molar-refractivity contribution >= 4 is 5.91 Å². The average molecular weight is 432 g/mol. The van der Waals surface area contributed by atoms with E-state index >= 15 is 0 Å². The van der Waals surface area contributed by atoms with Crippen molar-refractivity contribution in [2.75, 3.05) is 33.9 Å². The normalized spacial score (nSPS) is 16.8. The Balaban J connectivity index is 1.52. The van der Waals surface area contributed by atoms with Gasteiger partial charge in [0.1, 0.15) is 0 Å². The Morgan fingerprint density at radius 3 is 2.69 bits per heavy atom. The van der Waals surface area contributed by atoms with Crippen LogP contribution in [-0.2, 0) is 17.8 Å². The molecule has 1 unspecified atom stereocenters. The molecule has 1 fully saturated rings. The summed E-state index contributed by atoms with van der Waals surface area (Å²) in [5.74, 6) is 1.42. The minimum absolute atomic E-state index is 0.112. The van der Waals surface area contributed by atoms with Crippen LogP contribution in [-0.4, -0.2) is 49.6 Å². The molecule has 6 heteroatoms. The highest BCUT2D eigenvalue weighted by atomic mass is 16.5. The number of aromatic nitrogens is 1. The van der Waals surface area contributed by atoms with Gasteiger partial charge in [-0.15, -0.1) is 0 Å². The molecule has 4 rings (SSSR count). The first-order chi connectivity index (χ1) is 15.7. The van der Waals surface area contributed by atoms with E-state index in [1.165, 1.54) is 0 Å². The van der Waals surface area contributed by atoms with Crippen molar-refractivity contribution in [3.8, 4) is 22.6 Å². The molecular formula is C26H29N3O3. The standard InChI is InChI=1S/C26H29N3O3/c1-31-24-10-9-19(14-25(24)32-2)17-29-13-12-28-26(30)22(18-29)15-20-6-3-4-8-23(20)21-7-5-11-27-16-21/h3-11,14,16,22H,12-13,15,17-18H2,1-2H3,(H,28,30). The zero-order valence-corrected chi connectivity index (χ0v) is 18.6. The van der Waals surface area contributed by atoms with Gasteiger partial charge in [0.15, 0.2) is 11.5 Å². The van der Waals surface area contributed by atoms with Gasteiger partial charge >= 0.3 is 0 Å². The number of nitrogens with one attached hydrogen (secondary N) is 1. The highest BCUT2D eigenvalue weighted by Crippen LogP contribution is 2.29. The average Bonchev–Trinajstić information content (AvgIpc) is 3.00. The molecule has 6 nitrogen and oxygen atoms in total. The van der Waals surface area contributed by atoms with Crippen LogP contribution in [0.3, 0.4) is 0 Å². The van der Waals surface area contributed by atoms with Gasteiger partial charge in [0, 0.05) is 44.1 Å². The third kappa shape index (κ3) is 5.08. The largest absolute Gasteiger partial charge is 0.493 e. The Kier molecular flexibility index (Phi) is 7.02. The van der Waals surface area contributed by atoms with Crippen LogP contribution in [0.5, 0.6) is 11.5 Å². The predicted octanol–water partition coefficient (Wildman–Crippen LogP) is 3.56. The first-order valence-corrected chi connectivity index (χ1v) is 10.9. The smallest absolute Gasteiger partial charge is 0.224 e. The molecule has 0 spiro atoms. The molecule has 1 aromatic heterocycles. The second-order valence-electron chi connectivity index (χ2n) is 8.02. The zero-order chi connectivity index (χ0) is 22.3. The minimum Gasteiger partial charge on any atom is -0.493 e. The van der Waals surface area contributed by atoms with E-state index < -0.39 is 0 Å². The molecular weight excluding hydrogens is 402 g/mol. The van der Waals surface area contributed by atoms with Crippen LogP contribution in [0.25, 0.3) is 11.1 Å². The van der Waals surface area contributed by atoms with E-state index in [9.17, 15) is 4.79 Å². The minimum atomic E-state index is -0.129. The maximum absolute atomic E-state index is 12.9. The molecule has 0 radical (unpaired) electrons. The first-order valence-electron chi connectivity index (χ1n) is 10.9. The fraction of sp³-hybridized carbons (Fsp3) is 0.308. The molecule has 1 aliphatic heterocycles. The molecule has 0 aliphatic carbocycles. The lowest BCUT2D eigenvalue weighted by atomic mass is 9.92. The number of benzene rings is 2. The van der Waals surface area contributed by atoms with Gasteiger partial charge in [-0.3, -0.25) is 14.7 Å². The summed E-state index contributed by atoms with van der Waals surface area (Å²) >= 11 is 0. The molecule has 0 saturated carbocycles. The van der Waals surface area contributed by atoms with E-state index in [-0.39, 0.29) is 11.8 Å². The number of ether oxygens (including phenoxy) is 2. The number of carbonyl (C=O) groups is 1. The monoisotopic (exact) mass is 431 g/mol. The van der Waals surface area contributed by atoms with Gasteiger partial charge in [-0.2, -0.15) is 0 Å². The number of hydrogen-bond donors (Lipinski definition) is 1. The molecule has 1 amide bonds. The Labute approximate surface area is 189 Å². The van der Waals surface area contributed by atoms with Crippen LogP contribution >= 0.6 is 0 Å². The van der Waals surface area contributed by atoms with Crippen molar-refractivity contribution in [3.05, 3.63) is 78.1 Å². The van der Waals surface area contributed by atoms with E-state index in [2.05, 4.69) is 33.4 Å². The van der Waals surface area contributed by atoms with Gasteiger partial charge in [0.05, 0.1) is 20.1 Å². The Bertz CT molecular complexity index is 1060. The first kappa shape index (κ1) is 21.8. The second-order valence-corrected chi connectivity index (χ2v) is 8.02. The van der Waals surface area contributed by atoms with E-state index in [4.69, 9.17) is 9.47 Å². The molecule has 3 aromatic rings. The summed E-state index contributed by atoms with van der Waals surface area (Å²) in [7, 11) is 3.28. The number of amides is 1. The van der Waals surface area contributed by atoms with Crippen LogP contribution in [0.1, 0.15) is 11.1 Å². The number of pyridine rings is 1. The highest BCUT2D eigenvalue weighted by molar-refractivity contribution is 5.80. The molecule has 0 bridgehead atoms. The summed E-state index contributed by atoms with van der Waals surface area (Å²) in [6.07, 6.45) is 4.32. The third-order valence-electron chi connectivity index (χ3n) is 5.89. The number of rotatable bonds is 7. The van der Waals surface area contributed by atoms with Gasteiger partial charge in [-0.05, 0) is 41.3 Å². The van der Waals surface area contributed by atoms with E-state index in [0.29, 0.717) is 25.3 Å². The summed E-state index contributed by atoms with van der Waals surface area (Å²) in [5, 5.41) is 3.09. The third-order valence-corrected chi connectivity index (χ3v) is 5.89.